The molecule has 5 rings (SSSR count). The molecule has 0 bridgehead atoms. The molecule has 0 saturated heterocycles. The minimum atomic E-state index is -0.416. The lowest BCUT2D eigenvalue weighted by Crippen LogP contribution is -2.54. The summed E-state index contributed by atoms with van der Waals surface area (Å²) in [5.41, 5.74) is 4.56. The highest BCUT2D eigenvalue weighted by Crippen LogP contribution is 2.35. The third-order valence-electron chi connectivity index (χ3n) is 8.72. The summed E-state index contributed by atoms with van der Waals surface area (Å²) in [7, 11) is 0. The first-order valence-electron chi connectivity index (χ1n) is 16.0. The summed E-state index contributed by atoms with van der Waals surface area (Å²) in [6, 6.07) is 19.3. The van der Waals surface area contributed by atoms with E-state index in [4.69, 9.17) is 21.6 Å². The van der Waals surface area contributed by atoms with E-state index in [0.29, 0.717) is 39.5 Å². The van der Waals surface area contributed by atoms with Crippen LogP contribution in [0.25, 0.3) is 27.6 Å². The van der Waals surface area contributed by atoms with E-state index >= 15 is 0 Å². The number of hydrogen-bond acceptors (Lipinski definition) is 5. The predicted octanol–water partition coefficient (Wildman–Crippen LogP) is 5.82. The fourth-order valence-corrected chi connectivity index (χ4v) is 6.85. The second-order valence-corrected chi connectivity index (χ2v) is 12.0. The van der Waals surface area contributed by atoms with Crippen LogP contribution in [-0.2, 0) is 20.8 Å². The molecule has 5 nitrogen and oxygen atoms in total. The van der Waals surface area contributed by atoms with Crippen LogP contribution in [-0.4, -0.2) is 22.8 Å². The highest BCUT2D eigenvalue weighted by molar-refractivity contribution is 6.31. The van der Waals surface area contributed by atoms with Gasteiger partial charge < -0.3 is 0 Å². The van der Waals surface area contributed by atoms with E-state index in [1.54, 1.807) is 0 Å². The molecule has 2 heterocycles. The smallest absolute Gasteiger partial charge is 0.148 e. The molecule has 4 aromatic rings. The lowest BCUT2D eigenvalue weighted by atomic mass is 9.81. The van der Waals surface area contributed by atoms with Crippen molar-refractivity contribution in [2.24, 2.45) is 10.9 Å². The Hall–Kier alpha value is -4.36. The van der Waals surface area contributed by atoms with Gasteiger partial charge in [-0.3, -0.25) is 0 Å². The zero-order valence-corrected chi connectivity index (χ0v) is 26.7. The van der Waals surface area contributed by atoms with E-state index in [0.717, 1.165) is 79.2 Å². The summed E-state index contributed by atoms with van der Waals surface area (Å²) < 4.78 is 0. The number of halogens is 1. The molecule has 0 saturated carbocycles. The van der Waals surface area contributed by atoms with Crippen molar-refractivity contribution in [3.05, 3.63) is 104 Å². The molecule has 3 aromatic carbocycles. The normalized spacial score (nSPS) is 14.0. The Balaban J connectivity index is 1.99. The van der Waals surface area contributed by atoms with E-state index in [1.807, 2.05) is 60.7 Å². The Labute approximate surface area is 268 Å². The number of rotatable bonds is 12. The number of aromatic nitrogens is 1. The minimum Gasteiger partial charge on any atom is -0.238 e. The van der Waals surface area contributed by atoms with Gasteiger partial charge in [-0.25, -0.2) is 24.4 Å². The highest BCUT2D eigenvalue weighted by Gasteiger charge is 2.29. The number of nitrogens with zero attached hydrogens (tertiary/aromatic N) is 2. The van der Waals surface area contributed by atoms with E-state index in [-0.39, 0.29) is 16.1 Å². The van der Waals surface area contributed by atoms with Crippen molar-refractivity contribution >= 4 is 45.9 Å². The molecule has 1 atom stereocenters. The number of carbonyl (C=O) groups excluding carboxylic acids is 3. The molecule has 1 aromatic heterocycles. The van der Waals surface area contributed by atoms with E-state index in [2.05, 4.69) is 31.7 Å². The molecule has 0 N–H and O–H groups in total. The second-order valence-electron chi connectivity index (χ2n) is 11.6. The van der Waals surface area contributed by atoms with Crippen molar-refractivity contribution in [2.75, 3.05) is 0 Å². The minimum absolute atomic E-state index is 0.0804. The van der Waals surface area contributed by atoms with Crippen LogP contribution in [0.1, 0.15) is 82.8 Å². The molecule has 1 unspecified atom stereocenters. The summed E-state index contributed by atoms with van der Waals surface area (Å²) in [4.78, 5) is 48.3. The van der Waals surface area contributed by atoms with Crippen molar-refractivity contribution in [2.45, 2.75) is 78.1 Å². The zero-order valence-electron chi connectivity index (χ0n) is 25.9. The summed E-state index contributed by atoms with van der Waals surface area (Å²) >= 11 is 7.01. The van der Waals surface area contributed by atoms with Gasteiger partial charge in [-0.15, -0.1) is 0 Å². The molecule has 45 heavy (non-hydrogen) atoms. The maximum absolute atomic E-state index is 13.0. The second kappa shape index (κ2) is 15.1. The number of pyridine rings is 1. The number of hydrogen-bond donors (Lipinski definition) is 0. The summed E-state index contributed by atoms with van der Waals surface area (Å²) in [6.45, 7) is 4.31. The summed E-state index contributed by atoms with van der Waals surface area (Å²) in [5, 5.41) is 1.72. The number of allylic oxidation sites excluding steroid dienone is 1. The van der Waals surface area contributed by atoms with Gasteiger partial charge in [-0.1, -0.05) is 131 Å². The number of fused-ring (bicyclic) bond motifs is 3. The maximum Gasteiger partial charge on any atom is 0.148 e. The van der Waals surface area contributed by atoms with Gasteiger partial charge in [0.05, 0.1) is 15.8 Å². The van der Waals surface area contributed by atoms with Crippen LogP contribution >= 0.6 is 11.6 Å². The van der Waals surface area contributed by atoms with Crippen molar-refractivity contribution < 1.29 is 14.4 Å². The van der Waals surface area contributed by atoms with Gasteiger partial charge in [0.2, 0.25) is 0 Å². The van der Waals surface area contributed by atoms with Crippen LogP contribution in [0.2, 0.25) is 5.15 Å². The predicted molar refractivity (Wildman–Crippen MR) is 180 cm³/mol. The van der Waals surface area contributed by atoms with Crippen LogP contribution in [0.15, 0.2) is 71.4 Å². The van der Waals surface area contributed by atoms with Gasteiger partial charge in [0, 0.05) is 16.5 Å². The molecule has 228 valence electrons. The van der Waals surface area contributed by atoms with Crippen LogP contribution < -0.4 is 21.0 Å². The Morgan fingerprint density at radius 3 is 1.96 bits per heavy atom. The quantitative estimate of drug-likeness (QED) is 0.114. The van der Waals surface area contributed by atoms with Gasteiger partial charge in [-0.2, -0.15) is 0 Å². The van der Waals surface area contributed by atoms with Gasteiger partial charge in [0.15, 0.2) is 0 Å². The lowest BCUT2D eigenvalue weighted by molar-refractivity contribution is 0.550. The molecule has 6 heteroatoms. The van der Waals surface area contributed by atoms with Crippen molar-refractivity contribution in [3.8, 4) is 11.1 Å². The van der Waals surface area contributed by atoms with E-state index in [9.17, 15) is 14.4 Å². The fourth-order valence-electron chi connectivity index (χ4n) is 6.57. The average Bonchev–Trinajstić information content (AvgIpc) is 3.08. The Kier molecular flexibility index (Phi) is 10.7. The van der Waals surface area contributed by atoms with Gasteiger partial charge in [-0.05, 0) is 47.1 Å². The topological polar surface area (TPSA) is 76.5 Å². The Bertz CT molecular complexity index is 2060. The van der Waals surface area contributed by atoms with Crippen molar-refractivity contribution in [3.63, 3.8) is 0 Å². The number of unbranched alkanes of at least 4 members (excludes halogenated alkanes) is 6. The first-order valence-corrected chi connectivity index (χ1v) is 16.4. The molecule has 0 aliphatic carbocycles. The lowest BCUT2D eigenvalue weighted by Gasteiger charge is -2.24. The van der Waals surface area contributed by atoms with E-state index < -0.39 is 5.92 Å². The molecule has 0 radical (unpaired) electrons. The molecular weight excluding hydrogens is 580 g/mol. The van der Waals surface area contributed by atoms with Crippen molar-refractivity contribution in [1.82, 2.24) is 4.98 Å². The van der Waals surface area contributed by atoms with Crippen LogP contribution in [0.4, 0.5) is 0 Å². The highest BCUT2D eigenvalue weighted by atomic mass is 35.5. The first kappa shape index (κ1) is 32.0. The van der Waals surface area contributed by atoms with Crippen molar-refractivity contribution in [1.29, 1.82) is 0 Å². The van der Waals surface area contributed by atoms with Gasteiger partial charge in [0.1, 0.15) is 34.2 Å². The van der Waals surface area contributed by atoms with Gasteiger partial charge in [0.25, 0.3) is 0 Å². The number of benzene rings is 3. The molecular formula is C39H37ClN2O3. The van der Waals surface area contributed by atoms with Crippen LogP contribution in [0.5, 0.6) is 0 Å². The van der Waals surface area contributed by atoms with Crippen LogP contribution in [0.3, 0.4) is 0 Å². The Morgan fingerprint density at radius 2 is 1.36 bits per heavy atom. The monoisotopic (exact) mass is 616 g/mol. The van der Waals surface area contributed by atoms with E-state index in [1.165, 1.54) is 0 Å². The molecule has 1 aliphatic rings. The molecule has 0 spiro atoms. The molecule has 0 amide bonds. The summed E-state index contributed by atoms with van der Waals surface area (Å²) in [6.07, 6.45) is 9.45. The largest absolute Gasteiger partial charge is 0.238 e. The standard InChI is InChI=1S/C39H37ClN2O3/c1-3-5-7-15-21-28-32(25-45)41-37-35(33(28)26-17-11-9-12-18-26)30(23-43)31(24-44)36-34(27-19-13-10-14-20-27)29(22-16-8-6-4-2)39(40)42-38(36)37/h9-14,17-20,28H,3-8,15-16,21-22H2,1-2H3. The van der Waals surface area contributed by atoms with Gasteiger partial charge >= 0.3 is 0 Å². The summed E-state index contributed by atoms with van der Waals surface area (Å²) in [5.74, 6) is 5.92. The van der Waals surface area contributed by atoms with Crippen LogP contribution in [0, 0.1) is 5.92 Å². The molecule has 1 aliphatic heterocycles. The SMILES string of the molecule is CCCCCCc1c(Cl)nc2c3c(c(=C=O)c(=C=O)c2c1-c1ccccc1)=C(c1ccccc1)C(CCCCCC)C(=C=O)N=3. The average molecular weight is 617 g/mol. The zero-order chi connectivity index (χ0) is 31.8. The molecule has 0 fully saturated rings. The fraction of sp³-hybridized carbons (Fsp3) is 0.333. The third kappa shape index (κ3) is 6.40. The Morgan fingerprint density at radius 1 is 0.733 bits per heavy atom. The third-order valence-corrected chi connectivity index (χ3v) is 9.03. The first-order chi connectivity index (χ1) is 22.1. The maximum atomic E-state index is 13.0.